The van der Waals surface area contributed by atoms with Crippen LogP contribution in [0.1, 0.15) is 23.2 Å². The van der Waals surface area contributed by atoms with Gasteiger partial charge in [-0.3, -0.25) is 4.79 Å². The summed E-state index contributed by atoms with van der Waals surface area (Å²) in [5.41, 5.74) is 0.540. The van der Waals surface area contributed by atoms with Gasteiger partial charge in [0.1, 0.15) is 5.82 Å². The lowest BCUT2D eigenvalue weighted by Crippen LogP contribution is -2.42. The number of halogens is 2. The Bertz CT molecular complexity index is 465. The van der Waals surface area contributed by atoms with E-state index in [-0.39, 0.29) is 11.7 Å². The molecule has 0 spiro atoms. The Kier molecular flexibility index (Phi) is 4.93. The van der Waals surface area contributed by atoms with Crippen molar-refractivity contribution < 1.29 is 9.18 Å². The van der Waals surface area contributed by atoms with E-state index in [9.17, 15) is 9.18 Å². The summed E-state index contributed by atoms with van der Waals surface area (Å²) in [6, 6.07) is 4.43. The van der Waals surface area contributed by atoms with Gasteiger partial charge in [0.25, 0.3) is 5.91 Å². The second-order valence-electron chi connectivity index (χ2n) is 4.95. The zero-order chi connectivity index (χ0) is 13.8. The fourth-order valence-corrected chi connectivity index (χ4v) is 2.90. The van der Waals surface area contributed by atoms with E-state index in [1.54, 1.807) is 12.1 Å². The molecule has 0 unspecified atom stereocenters. The zero-order valence-electron chi connectivity index (χ0n) is 11.0. The minimum Gasteiger partial charge on any atom is -0.338 e. The molecule has 5 heteroatoms. The van der Waals surface area contributed by atoms with Crippen LogP contribution in [0, 0.1) is 11.7 Å². The molecule has 1 aliphatic heterocycles. The number of rotatable bonds is 3. The van der Waals surface area contributed by atoms with Gasteiger partial charge in [-0.15, -0.1) is 0 Å². The molecule has 1 N–H and O–H groups in total. The molecule has 1 fully saturated rings. The first kappa shape index (κ1) is 14.5. The van der Waals surface area contributed by atoms with Crippen molar-refractivity contribution in [2.45, 2.75) is 12.8 Å². The van der Waals surface area contributed by atoms with Crippen LogP contribution < -0.4 is 5.32 Å². The van der Waals surface area contributed by atoms with Gasteiger partial charge in [-0.25, -0.2) is 4.39 Å². The summed E-state index contributed by atoms with van der Waals surface area (Å²) in [6.07, 6.45) is 2.18. The predicted octanol–water partition coefficient (Wildman–Crippen LogP) is 2.66. The number of carbonyl (C=O) groups is 1. The standard InChI is InChI=1S/C14H18BrFN2O/c1-17-8-10-3-2-6-18(9-10)14(19)11-4-5-13(16)12(15)7-11/h4-5,7,10,17H,2-3,6,8-9H2,1H3/t10-/m1/s1. The molecule has 1 saturated heterocycles. The van der Waals surface area contributed by atoms with Crippen LogP contribution in [0.2, 0.25) is 0 Å². The number of likely N-dealkylation sites (tertiary alicyclic amines) is 1. The van der Waals surface area contributed by atoms with E-state index in [4.69, 9.17) is 0 Å². The molecule has 0 radical (unpaired) electrons. The molecule has 1 aromatic carbocycles. The van der Waals surface area contributed by atoms with Crippen molar-refractivity contribution in [3.05, 3.63) is 34.1 Å². The third kappa shape index (κ3) is 3.54. The van der Waals surface area contributed by atoms with E-state index in [2.05, 4.69) is 21.2 Å². The number of piperidine rings is 1. The van der Waals surface area contributed by atoms with Crippen LogP contribution in [-0.4, -0.2) is 37.5 Å². The average molecular weight is 329 g/mol. The predicted molar refractivity (Wildman–Crippen MR) is 76.7 cm³/mol. The van der Waals surface area contributed by atoms with Crippen LogP contribution in [0.4, 0.5) is 4.39 Å². The van der Waals surface area contributed by atoms with Gasteiger partial charge >= 0.3 is 0 Å². The van der Waals surface area contributed by atoms with E-state index < -0.39 is 0 Å². The molecule has 3 nitrogen and oxygen atoms in total. The van der Waals surface area contributed by atoms with Crippen molar-refractivity contribution in [3.63, 3.8) is 0 Å². The van der Waals surface area contributed by atoms with E-state index >= 15 is 0 Å². The van der Waals surface area contributed by atoms with Crippen molar-refractivity contribution in [1.82, 2.24) is 10.2 Å². The van der Waals surface area contributed by atoms with Gasteiger partial charge in [-0.05, 0) is 66.5 Å². The molecule has 1 aliphatic rings. The molecule has 19 heavy (non-hydrogen) atoms. The summed E-state index contributed by atoms with van der Waals surface area (Å²) >= 11 is 3.12. The molecular formula is C14H18BrFN2O. The van der Waals surface area contributed by atoms with Crippen LogP contribution in [0.25, 0.3) is 0 Å². The smallest absolute Gasteiger partial charge is 0.253 e. The molecule has 104 valence electrons. The lowest BCUT2D eigenvalue weighted by atomic mass is 9.97. The Morgan fingerprint density at radius 3 is 3.05 bits per heavy atom. The summed E-state index contributed by atoms with van der Waals surface area (Å²) in [5.74, 6) is 0.149. The molecular weight excluding hydrogens is 311 g/mol. The van der Waals surface area contributed by atoms with Crippen molar-refractivity contribution in [1.29, 1.82) is 0 Å². The van der Waals surface area contributed by atoms with Gasteiger partial charge in [-0.1, -0.05) is 0 Å². The molecule has 1 atom stereocenters. The van der Waals surface area contributed by atoms with Crippen molar-refractivity contribution in [3.8, 4) is 0 Å². The molecule has 0 bridgehead atoms. The van der Waals surface area contributed by atoms with Gasteiger partial charge in [0.15, 0.2) is 0 Å². The summed E-state index contributed by atoms with van der Waals surface area (Å²) in [7, 11) is 1.93. The first-order chi connectivity index (χ1) is 9.11. The van der Waals surface area contributed by atoms with Crippen molar-refractivity contribution >= 4 is 21.8 Å². The highest BCUT2D eigenvalue weighted by molar-refractivity contribution is 9.10. The quantitative estimate of drug-likeness (QED) is 0.925. The second-order valence-corrected chi connectivity index (χ2v) is 5.80. The van der Waals surface area contributed by atoms with E-state index in [1.807, 2.05) is 11.9 Å². The van der Waals surface area contributed by atoms with Crippen LogP contribution >= 0.6 is 15.9 Å². The SMILES string of the molecule is CNC[C@H]1CCCN(C(=O)c2ccc(F)c(Br)c2)C1. The first-order valence-electron chi connectivity index (χ1n) is 6.50. The highest BCUT2D eigenvalue weighted by atomic mass is 79.9. The lowest BCUT2D eigenvalue weighted by molar-refractivity contribution is 0.0674. The minimum atomic E-state index is -0.344. The third-order valence-corrected chi connectivity index (χ3v) is 4.07. The van der Waals surface area contributed by atoms with Gasteiger partial charge in [0.05, 0.1) is 4.47 Å². The Balaban J connectivity index is 2.08. The van der Waals surface area contributed by atoms with Crippen molar-refractivity contribution in [2.75, 3.05) is 26.7 Å². The normalized spacial score (nSPS) is 19.5. The summed E-state index contributed by atoms with van der Waals surface area (Å²) in [6.45, 7) is 2.49. The number of amides is 1. The van der Waals surface area contributed by atoms with Gasteiger partial charge in [0.2, 0.25) is 0 Å². The maximum absolute atomic E-state index is 13.2. The molecule has 1 aromatic rings. The maximum Gasteiger partial charge on any atom is 0.253 e. The topological polar surface area (TPSA) is 32.3 Å². The highest BCUT2D eigenvalue weighted by Crippen LogP contribution is 2.21. The van der Waals surface area contributed by atoms with E-state index in [1.165, 1.54) is 6.07 Å². The Morgan fingerprint density at radius 1 is 1.58 bits per heavy atom. The molecule has 1 heterocycles. The van der Waals surface area contributed by atoms with Gasteiger partial charge < -0.3 is 10.2 Å². The number of nitrogens with zero attached hydrogens (tertiary/aromatic N) is 1. The molecule has 2 rings (SSSR count). The Labute approximate surface area is 121 Å². The largest absolute Gasteiger partial charge is 0.338 e. The van der Waals surface area contributed by atoms with E-state index in [0.29, 0.717) is 16.0 Å². The Morgan fingerprint density at radius 2 is 2.37 bits per heavy atom. The fraction of sp³-hybridized carbons (Fsp3) is 0.500. The number of hydrogen-bond acceptors (Lipinski definition) is 2. The highest BCUT2D eigenvalue weighted by Gasteiger charge is 2.24. The third-order valence-electron chi connectivity index (χ3n) is 3.47. The number of nitrogens with one attached hydrogen (secondary N) is 1. The number of hydrogen-bond donors (Lipinski definition) is 1. The molecule has 0 aliphatic carbocycles. The summed E-state index contributed by atoms with van der Waals surface area (Å²) in [5, 5.41) is 3.16. The van der Waals surface area contributed by atoms with Gasteiger partial charge in [0, 0.05) is 18.7 Å². The van der Waals surface area contributed by atoms with Gasteiger partial charge in [-0.2, -0.15) is 0 Å². The molecule has 0 aromatic heterocycles. The van der Waals surface area contributed by atoms with Crippen molar-refractivity contribution in [2.24, 2.45) is 5.92 Å². The fourth-order valence-electron chi connectivity index (χ4n) is 2.52. The summed E-state index contributed by atoms with van der Waals surface area (Å²) in [4.78, 5) is 14.2. The monoisotopic (exact) mass is 328 g/mol. The average Bonchev–Trinajstić information content (AvgIpc) is 2.42. The van der Waals surface area contributed by atoms with Crippen LogP contribution in [0.5, 0.6) is 0 Å². The minimum absolute atomic E-state index is 0.0125. The maximum atomic E-state index is 13.2. The Hall–Kier alpha value is -0.940. The number of benzene rings is 1. The molecule has 0 saturated carbocycles. The number of carbonyl (C=O) groups excluding carboxylic acids is 1. The van der Waals surface area contributed by atoms with Crippen LogP contribution in [0.15, 0.2) is 22.7 Å². The second kappa shape index (κ2) is 6.48. The summed E-state index contributed by atoms with van der Waals surface area (Å²) < 4.78 is 13.5. The first-order valence-corrected chi connectivity index (χ1v) is 7.30. The zero-order valence-corrected chi connectivity index (χ0v) is 12.5. The molecule has 1 amide bonds. The van der Waals surface area contributed by atoms with Crippen LogP contribution in [0.3, 0.4) is 0 Å². The van der Waals surface area contributed by atoms with E-state index in [0.717, 1.165) is 32.5 Å². The lowest BCUT2D eigenvalue weighted by Gasteiger charge is -2.32. The van der Waals surface area contributed by atoms with Crippen LogP contribution in [-0.2, 0) is 0 Å².